The Hall–Kier alpha value is -1.48. The molecule has 0 saturated carbocycles. The molecule has 0 spiro atoms. The maximum Gasteiger partial charge on any atom is 0.0568 e. The van der Waals surface area contributed by atoms with Gasteiger partial charge in [-0.15, -0.1) is 0 Å². The summed E-state index contributed by atoms with van der Waals surface area (Å²) in [5.74, 6) is 0. The second kappa shape index (κ2) is 3.35. The molecule has 3 nitrogen and oxygen atoms in total. The predicted molar refractivity (Wildman–Crippen MR) is 58.1 cm³/mol. The minimum absolute atomic E-state index is 0.651. The molecule has 4 heteroatoms. The van der Waals surface area contributed by atoms with Crippen LogP contribution < -0.4 is 5.73 Å². The highest BCUT2D eigenvalue weighted by Crippen LogP contribution is 2.28. The Morgan fingerprint density at radius 2 is 2.21 bits per heavy atom. The number of aryl methyl sites for hydroxylation is 1. The van der Waals surface area contributed by atoms with Gasteiger partial charge in [0.15, 0.2) is 0 Å². The molecule has 0 radical (unpaired) electrons. The van der Waals surface area contributed by atoms with Crippen molar-refractivity contribution in [2.24, 2.45) is 7.05 Å². The summed E-state index contributed by atoms with van der Waals surface area (Å²) in [6.45, 7) is 0. The van der Waals surface area contributed by atoms with E-state index in [0.717, 1.165) is 11.1 Å². The van der Waals surface area contributed by atoms with Crippen LogP contribution in [0, 0.1) is 0 Å². The molecule has 1 heterocycles. The Morgan fingerprint density at radius 1 is 1.43 bits per heavy atom. The number of halogens is 1. The van der Waals surface area contributed by atoms with Crippen molar-refractivity contribution in [3.8, 4) is 11.1 Å². The molecule has 72 valence electrons. The monoisotopic (exact) mass is 207 g/mol. The van der Waals surface area contributed by atoms with Crippen molar-refractivity contribution < 1.29 is 0 Å². The van der Waals surface area contributed by atoms with Crippen LogP contribution in [0.25, 0.3) is 11.1 Å². The summed E-state index contributed by atoms with van der Waals surface area (Å²) in [7, 11) is 1.87. The van der Waals surface area contributed by atoms with Gasteiger partial charge in [-0.3, -0.25) is 4.68 Å². The summed E-state index contributed by atoms with van der Waals surface area (Å²) in [5, 5.41) is 4.73. The average molecular weight is 208 g/mol. The first-order chi connectivity index (χ1) is 6.66. The third kappa shape index (κ3) is 1.59. The van der Waals surface area contributed by atoms with Crippen LogP contribution in [0.5, 0.6) is 0 Å². The van der Waals surface area contributed by atoms with Gasteiger partial charge in [0, 0.05) is 30.1 Å². The Morgan fingerprint density at radius 3 is 2.79 bits per heavy atom. The average Bonchev–Trinajstić information content (AvgIpc) is 2.51. The van der Waals surface area contributed by atoms with Crippen LogP contribution in [0.2, 0.25) is 5.02 Å². The summed E-state index contributed by atoms with van der Waals surface area (Å²) in [6.07, 6.45) is 3.69. The van der Waals surface area contributed by atoms with Crippen molar-refractivity contribution >= 4 is 17.3 Å². The van der Waals surface area contributed by atoms with Gasteiger partial charge in [0.05, 0.1) is 11.2 Å². The van der Waals surface area contributed by atoms with Crippen LogP contribution in [0.4, 0.5) is 5.69 Å². The van der Waals surface area contributed by atoms with Gasteiger partial charge in [0.1, 0.15) is 0 Å². The third-order valence-electron chi connectivity index (χ3n) is 2.01. The van der Waals surface area contributed by atoms with Gasteiger partial charge in [-0.25, -0.2) is 0 Å². The van der Waals surface area contributed by atoms with E-state index in [-0.39, 0.29) is 0 Å². The van der Waals surface area contributed by atoms with Gasteiger partial charge in [-0.05, 0) is 12.1 Å². The molecule has 0 saturated heterocycles. The van der Waals surface area contributed by atoms with E-state index >= 15 is 0 Å². The number of benzene rings is 1. The van der Waals surface area contributed by atoms with Gasteiger partial charge in [0.2, 0.25) is 0 Å². The molecule has 2 aromatic rings. The highest BCUT2D eigenvalue weighted by Gasteiger charge is 2.04. The fourth-order valence-corrected chi connectivity index (χ4v) is 1.62. The highest BCUT2D eigenvalue weighted by atomic mass is 35.5. The number of anilines is 1. The molecule has 0 aliphatic carbocycles. The fourth-order valence-electron chi connectivity index (χ4n) is 1.33. The van der Waals surface area contributed by atoms with Crippen LogP contribution in [0.1, 0.15) is 0 Å². The summed E-state index contributed by atoms with van der Waals surface area (Å²) in [6, 6.07) is 5.47. The number of aromatic nitrogens is 2. The Labute approximate surface area is 87.1 Å². The number of nitrogens with two attached hydrogens (primary N) is 1. The van der Waals surface area contributed by atoms with E-state index in [9.17, 15) is 0 Å². The zero-order valence-corrected chi connectivity index (χ0v) is 8.49. The van der Waals surface area contributed by atoms with E-state index in [1.807, 2.05) is 25.4 Å². The molecular weight excluding hydrogens is 198 g/mol. The lowest BCUT2D eigenvalue weighted by atomic mass is 10.1. The van der Waals surface area contributed by atoms with E-state index in [1.165, 1.54) is 0 Å². The molecule has 0 bridgehead atoms. The standard InChI is InChI=1S/C10H10ClN3/c1-14-6-7(5-13-14)9-3-2-8(12)4-10(9)11/h2-6H,12H2,1H3. The second-order valence-electron chi connectivity index (χ2n) is 3.14. The van der Waals surface area contributed by atoms with E-state index in [1.54, 1.807) is 16.9 Å². The Bertz CT molecular complexity index is 462. The van der Waals surface area contributed by atoms with Gasteiger partial charge >= 0.3 is 0 Å². The number of rotatable bonds is 1. The van der Waals surface area contributed by atoms with E-state index in [4.69, 9.17) is 17.3 Å². The fraction of sp³-hybridized carbons (Fsp3) is 0.100. The SMILES string of the molecule is Cn1cc(-c2ccc(N)cc2Cl)cn1. The normalized spacial score (nSPS) is 10.4. The van der Waals surface area contributed by atoms with Crippen molar-refractivity contribution in [2.75, 3.05) is 5.73 Å². The minimum atomic E-state index is 0.651. The first-order valence-corrected chi connectivity index (χ1v) is 4.58. The summed E-state index contributed by atoms with van der Waals surface area (Å²) >= 11 is 6.06. The van der Waals surface area contributed by atoms with Crippen molar-refractivity contribution in [1.82, 2.24) is 9.78 Å². The Kier molecular flexibility index (Phi) is 2.17. The van der Waals surface area contributed by atoms with Crippen molar-refractivity contribution in [1.29, 1.82) is 0 Å². The maximum absolute atomic E-state index is 6.06. The molecular formula is C10H10ClN3. The first kappa shape index (κ1) is 9.09. The molecule has 2 rings (SSSR count). The lowest BCUT2D eigenvalue weighted by Crippen LogP contribution is -1.86. The van der Waals surface area contributed by atoms with Crippen LogP contribution in [0.3, 0.4) is 0 Å². The second-order valence-corrected chi connectivity index (χ2v) is 3.55. The minimum Gasteiger partial charge on any atom is -0.399 e. The quantitative estimate of drug-likeness (QED) is 0.730. The lowest BCUT2D eigenvalue weighted by Gasteiger charge is -2.01. The number of nitrogen functional groups attached to an aromatic ring is 1. The first-order valence-electron chi connectivity index (χ1n) is 4.21. The van der Waals surface area contributed by atoms with Gasteiger partial charge < -0.3 is 5.73 Å². The van der Waals surface area contributed by atoms with Gasteiger partial charge in [-0.2, -0.15) is 5.10 Å². The smallest absolute Gasteiger partial charge is 0.0568 e. The van der Waals surface area contributed by atoms with Crippen LogP contribution >= 0.6 is 11.6 Å². The zero-order chi connectivity index (χ0) is 10.1. The van der Waals surface area contributed by atoms with Gasteiger partial charge in [-0.1, -0.05) is 17.7 Å². The van der Waals surface area contributed by atoms with Crippen molar-refractivity contribution in [2.45, 2.75) is 0 Å². The largest absolute Gasteiger partial charge is 0.399 e. The molecule has 14 heavy (non-hydrogen) atoms. The van der Waals surface area contributed by atoms with Crippen molar-refractivity contribution in [3.63, 3.8) is 0 Å². The van der Waals surface area contributed by atoms with E-state index in [0.29, 0.717) is 10.7 Å². The molecule has 0 fully saturated rings. The van der Waals surface area contributed by atoms with Crippen LogP contribution in [-0.2, 0) is 7.05 Å². The lowest BCUT2D eigenvalue weighted by molar-refractivity contribution is 0.768. The summed E-state index contributed by atoms with van der Waals surface area (Å²) in [4.78, 5) is 0. The summed E-state index contributed by atoms with van der Waals surface area (Å²) < 4.78 is 1.74. The van der Waals surface area contributed by atoms with Gasteiger partial charge in [0.25, 0.3) is 0 Å². The molecule has 0 aliphatic heterocycles. The molecule has 0 unspecified atom stereocenters. The van der Waals surface area contributed by atoms with Crippen molar-refractivity contribution in [3.05, 3.63) is 35.6 Å². The summed E-state index contributed by atoms with van der Waals surface area (Å²) in [5.41, 5.74) is 8.23. The maximum atomic E-state index is 6.06. The molecule has 2 N–H and O–H groups in total. The molecule has 1 aromatic heterocycles. The molecule has 0 amide bonds. The number of hydrogen-bond donors (Lipinski definition) is 1. The van der Waals surface area contributed by atoms with Crippen LogP contribution in [0.15, 0.2) is 30.6 Å². The number of hydrogen-bond acceptors (Lipinski definition) is 2. The van der Waals surface area contributed by atoms with E-state index in [2.05, 4.69) is 5.10 Å². The van der Waals surface area contributed by atoms with E-state index < -0.39 is 0 Å². The Balaban J connectivity index is 2.52. The predicted octanol–water partition coefficient (Wildman–Crippen LogP) is 2.32. The topological polar surface area (TPSA) is 43.8 Å². The zero-order valence-electron chi connectivity index (χ0n) is 7.74. The molecule has 1 aromatic carbocycles. The molecule has 0 atom stereocenters. The van der Waals surface area contributed by atoms with Crippen LogP contribution in [-0.4, -0.2) is 9.78 Å². The third-order valence-corrected chi connectivity index (χ3v) is 2.32. The molecule has 0 aliphatic rings. The highest BCUT2D eigenvalue weighted by molar-refractivity contribution is 6.33. The number of nitrogens with zero attached hydrogens (tertiary/aromatic N) is 2.